The van der Waals surface area contributed by atoms with Crippen LogP contribution < -0.4 is 11.1 Å². The van der Waals surface area contributed by atoms with Crippen LogP contribution in [-0.4, -0.2) is 31.7 Å². The van der Waals surface area contributed by atoms with E-state index < -0.39 is 0 Å². The van der Waals surface area contributed by atoms with Gasteiger partial charge in [-0.25, -0.2) is 0 Å². The fraction of sp³-hybridized carbons (Fsp3) is 0.857. The average molecular weight is 233 g/mol. The third kappa shape index (κ3) is 9.89. The number of ether oxygens (including phenoxy) is 1. The van der Waals surface area contributed by atoms with Gasteiger partial charge in [0.15, 0.2) is 0 Å². The average Bonchev–Trinajstić information content (AvgIpc) is 2.00. The van der Waals surface area contributed by atoms with Gasteiger partial charge < -0.3 is 15.8 Å². The fourth-order valence-electron chi connectivity index (χ4n) is 0.650. The molecule has 0 radical (unpaired) electrons. The van der Waals surface area contributed by atoms with Gasteiger partial charge in [-0.2, -0.15) is 0 Å². The van der Waals surface area contributed by atoms with Crippen LogP contribution in [0.25, 0.3) is 0 Å². The van der Waals surface area contributed by atoms with Gasteiger partial charge in [0.2, 0.25) is 0 Å². The molecule has 6 heteroatoms. The van der Waals surface area contributed by atoms with Crippen LogP contribution >= 0.6 is 24.8 Å². The quantitative estimate of drug-likeness (QED) is 0.671. The molecule has 0 aromatic carbocycles. The summed E-state index contributed by atoms with van der Waals surface area (Å²) in [7, 11) is 0. The third-order valence-corrected chi connectivity index (χ3v) is 1.24. The Hall–Kier alpha value is -0.0300. The lowest BCUT2D eigenvalue weighted by Crippen LogP contribution is -2.38. The molecule has 0 bridgehead atoms. The van der Waals surface area contributed by atoms with Crippen LogP contribution in [0.4, 0.5) is 0 Å². The molecule has 0 aliphatic carbocycles. The summed E-state index contributed by atoms with van der Waals surface area (Å²) in [6.45, 7) is 5.14. The SMILES string of the molecule is CCOC(=O)[C@H](C)NCCN.Cl.Cl. The Morgan fingerprint density at radius 1 is 1.54 bits per heavy atom. The molecular weight excluding hydrogens is 215 g/mol. The summed E-state index contributed by atoms with van der Waals surface area (Å²) in [6, 6.07) is -0.251. The molecule has 0 aliphatic heterocycles. The van der Waals surface area contributed by atoms with E-state index in [9.17, 15) is 4.79 Å². The lowest BCUT2D eigenvalue weighted by molar-refractivity contribution is -0.145. The molecule has 0 rings (SSSR count). The van der Waals surface area contributed by atoms with E-state index in [0.29, 0.717) is 19.7 Å². The van der Waals surface area contributed by atoms with E-state index in [4.69, 9.17) is 10.5 Å². The summed E-state index contributed by atoms with van der Waals surface area (Å²) in [5, 5.41) is 2.92. The van der Waals surface area contributed by atoms with E-state index in [1.54, 1.807) is 13.8 Å². The zero-order chi connectivity index (χ0) is 8.69. The normalized spacial score (nSPS) is 10.7. The molecule has 0 heterocycles. The third-order valence-electron chi connectivity index (χ3n) is 1.24. The Balaban J connectivity index is -0.000000500. The highest BCUT2D eigenvalue weighted by Crippen LogP contribution is 1.85. The number of hydrogen-bond acceptors (Lipinski definition) is 4. The van der Waals surface area contributed by atoms with Crippen molar-refractivity contribution in [3.63, 3.8) is 0 Å². The number of nitrogens with one attached hydrogen (secondary N) is 1. The van der Waals surface area contributed by atoms with Crippen molar-refractivity contribution in [2.45, 2.75) is 19.9 Å². The van der Waals surface area contributed by atoms with Gasteiger partial charge in [0.1, 0.15) is 6.04 Å². The molecular formula is C7H18Cl2N2O2. The van der Waals surface area contributed by atoms with Gasteiger partial charge in [-0.1, -0.05) is 0 Å². The van der Waals surface area contributed by atoms with E-state index in [1.807, 2.05) is 0 Å². The highest BCUT2D eigenvalue weighted by Gasteiger charge is 2.11. The molecule has 0 saturated heterocycles. The predicted octanol–water partition coefficient (Wildman–Crippen LogP) is 0.330. The topological polar surface area (TPSA) is 64.3 Å². The Bertz CT molecular complexity index is 125. The van der Waals surface area contributed by atoms with E-state index in [-0.39, 0.29) is 36.8 Å². The molecule has 0 aromatic rings. The van der Waals surface area contributed by atoms with Crippen LogP contribution in [0, 0.1) is 0 Å². The smallest absolute Gasteiger partial charge is 0.322 e. The first kappa shape index (κ1) is 18.7. The Morgan fingerprint density at radius 2 is 2.08 bits per heavy atom. The first-order valence-electron chi connectivity index (χ1n) is 3.82. The van der Waals surface area contributed by atoms with Crippen molar-refractivity contribution in [3.8, 4) is 0 Å². The molecule has 0 spiro atoms. The molecule has 0 amide bonds. The van der Waals surface area contributed by atoms with E-state index in [0.717, 1.165) is 0 Å². The second-order valence-corrected chi connectivity index (χ2v) is 2.22. The molecule has 3 N–H and O–H groups in total. The first-order valence-corrected chi connectivity index (χ1v) is 3.82. The van der Waals surface area contributed by atoms with Crippen molar-refractivity contribution in [2.24, 2.45) is 5.73 Å². The lowest BCUT2D eigenvalue weighted by Gasteiger charge is -2.10. The summed E-state index contributed by atoms with van der Waals surface area (Å²) in [4.78, 5) is 10.9. The van der Waals surface area contributed by atoms with E-state index >= 15 is 0 Å². The van der Waals surface area contributed by atoms with Gasteiger partial charge in [0.05, 0.1) is 6.61 Å². The highest BCUT2D eigenvalue weighted by molar-refractivity contribution is 5.85. The molecule has 0 saturated carbocycles. The second-order valence-electron chi connectivity index (χ2n) is 2.22. The van der Waals surface area contributed by atoms with Gasteiger partial charge in [0, 0.05) is 13.1 Å². The minimum absolute atomic E-state index is 0. The molecule has 4 nitrogen and oxygen atoms in total. The molecule has 82 valence electrons. The van der Waals surface area contributed by atoms with Crippen LogP contribution in [0.5, 0.6) is 0 Å². The van der Waals surface area contributed by atoms with Crippen molar-refractivity contribution in [1.82, 2.24) is 5.32 Å². The Morgan fingerprint density at radius 3 is 2.46 bits per heavy atom. The van der Waals surface area contributed by atoms with Crippen molar-refractivity contribution >= 4 is 30.8 Å². The Labute approximate surface area is 91.4 Å². The minimum atomic E-state index is -0.251. The van der Waals surface area contributed by atoms with Crippen LogP contribution in [0.1, 0.15) is 13.8 Å². The maximum atomic E-state index is 10.9. The summed E-state index contributed by atoms with van der Waals surface area (Å²) in [5.41, 5.74) is 5.24. The number of carbonyl (C=O) groups is 1. The number of hydrogen-bond donors (Lipinski definition) is 2. The maximum absolute atomic E-state index is 10.9. The molecule has 0 aromatic heterocycles. The zero-order valence-corrected chi connectivity index (χ0v) is 9.54. The summed E-state index contributed by atoms with van der Waals surface area (Å²) < 4.78 is 4.76. The van der Waals surface area contributed by atoms with Crippen LogP contribution in [-0.2, 0) is 9.53 Å². The molecule has 13 heavy (non-hydrogen) atoms. The molecule has 0 fully saturated rings. The number of rotatable bonds is 5. The van der Waals surface area contributed by atoms with E-state index in [2.05, 4.69) is 5.32 Å². The molecule has 1 atom stereocenters. The summed E-state index contributed by atoms with van der Waals surface area (Å²) >= 11 is 0. The monoisotopic (exact) mass is 232 g/mol. The highest BCUT2D eigenvalue weighted by atomic mass is 35.5. The van der Waals surface area contributed by atoms with Gasteiger partial charge in [-0.3, -0.25) is 4.79 Å². The predicted molar refractivity (Wildman–Crippen MR) is 57.6 cm³/mol. The summed E-state index contributed by atoms with van der Waals surface area (Å²) in [5.74, 6) is -0.221. The van der Waals surface area contributed by atoms with Crippen molar-refractivity contribution in [3.05, 3.63) is 0 Å². The van der Waals surface area contributed by atoms with E-state index in [1.165, 1.54) is 0 Å². The van der Waals surface area contributed by atoms with Gasteiger partial charge in [0.25, 0.3) is 0 Å². The van der Waals surface area contributed by atoms with Crippen LogP contribution in [0.3, 0.4) is 0 Å². The van der Waals surface area contributed by atoms with Crippen LogP contribution in [0.15, 0.2) is 0 Å². The lowest BCUT2D eigenvalue weighted by atomic mass is 10.3. The van der Waals surface area contributed by atoms with Gasteiger partial charge >= 0.3 is 5.97 Å². The maximum Gasteiger partial charge on any atom is 0.322 e. The minimum Gasteiger partial charge on any atom is -0.465 e. The van der Waals surface area contributed by atoms with Crippen molar-refractivity contribution in [1.29, 1.82) is 0 Å². The number of nitrogens with two attached hydrogens (primary N) is 1. The number of carbonyl (C=O) groups excluding carboxylic acids is 1. The first-order chi connectivity index (χ1) is 5.22. The number of esters is 1. The second kappa shape index (κ2) is 12.0. The van der Waals surface area contributed by atoms with Crippen LogP contribution in [0.2, 0.25) is 0 Å². The fourth-order valence-corrected chi connectivity index (χ4v) is 0.650. The van der Waals surface area contributed by atoms with Gasteiger partial charge in [-0.15, -0.1) is 24.8 Å². The van der Waals surface area contributed by atoms with Gasteiger partial charge in [-0.05, 0) is 13.8 Å². The van der Waals surface area contributed by atoms with Crippen molar-refractivity contribution in [2.75, 3.05) is 19.7 Å². The standard InChI is InChI=1S/C7H16N2O2.2ClH/c1-3-11-7(10)6(2)9-5-4-8;;/h6,9H,3-5,8H2,1-2H3;2*1H/t6-;;/m0../s1. The largest absolute Gasteiger partial charge is 0.465 e. The zero-order valence-electron chi connectivity index (χ0n) is 7.91. The molecule has 0 aliphatic rings. The molecule has 0 unspecified atom stereocenters. The Kier molecular flexibility index (Phi) is 17.2. The van der Waals surface area contributed by atoms with Crippen molar-refractivity contribution < 1.29 is 9.53 Å². The number of halogens is 2. The summed E-state index contributed by atoms with van der Waals surface area (Å²) in [6.07, 6.45) is 0.